The van der Waals surface area contributed by atoms with E-state index in [1.54, 1.807) is 30.5 Å². The van der Waals surface area contributed by atoms with Gasteiger partial charge in [-0.05, 0) is 47.2 Å². The van der Waals surface area contributed by atoms with Gasteiger partial charge >= 0.3 is 0 Å². The van der Waals surface area contributed by atoms with Crippen molar-refractivity contribution in [1.29, 1.82) is 0 Å². The summed E-state index contributed by atoms with van der Waals surface area (Å²) in [6, 6.07) is 8.55. The number of amides is 1. The minimum absolute atomic E-state index is 0.316. The van der Waals surface area contributed by atoms with Crippen molar-refractivity contribution in [2.45, 2.75) is 6.92 Å². The second-order valence-electron chi connectivity index (χ2n) is 4.54. The van der Waals surface area contributed by atoms with Crippen LogP contribution >= 0.6 is 11.6 Å². The molecule has 1 amide bonds. The van der Waals surface area contributed by atoms with Crippen LogP contribution in [0, 0.1) is 6.92 Å². The summed E-state index contributed by atoms with van der Waals surface area (Å²) in [5, 5.41) is 14.2. The predicted molar refractivity (Wildman–Crippen MR) is 81.1 cm³/mol. The Kier molecular flexibility index (Phi) is 3.80. The lowest BCUT2D eigenvalue weighted by Gasteiger charge is -2.10. The number of hydrogen-bond donors (Lipinski definition) is 1. The van der Waals surface area contributed by atoms with Gasteiger partial charge in [-0.3, -0.25) is 4.79 Å². The van der Waals surface area contributed by atoms with E-state index in [1.165, 1.54) is 11.0 Å². The molecular formula is C14H11ClN6O. The average molecular weight is 315 g/mol. The summed E-state index contributed by atoms with van der Waals surface area (Å²) in [4.78, 5) is 16.7. The standard InChI is InChI=1S/C14H11ClN6O/c1-9-3-2-6-16-13(9)18-14(22)11-5-4-10(15)7-12(11)21-8-17-19-20-21/h2-8H,1H3,(H,16,18,22). The smallest absolute Gasteiger partial charge is 0.259 e. The van der Waals surface area contributed by atoms with Gasteiger partial charge in [-0.15, -0.1) is 5.10 Å². The molecule has 7 nitrogen and oxygen atoms in total. The van der Waals surface area contributed by atoms with Crippen LogP contribution in [0.2, 0.25) is 5.02 Å². The largest absolute Gasteiger partial charge is 0.306 e. The number of anilines is 1. The fraction of sp³-hybridized carbons (Fsp3) is 0.0714. The molecule has 0 bridgehead atoms. The van der Waals surface area contributed by atoms with Crippen molar-refractivity contribution in [1.82, 2.24) is 25.2 Å². The number of tetrazole rings is 1. The van der Waals surface area contributed by atoms with Gasteiger partial charge in [-0.25, -0.2) is 4.98 Å². The summed E-state index contributed by atoms with van der Waals surface area (Å²) in [6.45, 7) is 1.87. The van der Waals surface area contributed by atoms with E-state index < -0.39 is 0 Å². The van der Waals surface area contributed by atoms with Gasteiger partial charge in [0, 0.05) is 11.2 Å². The maximum absolute atomic E-state index is 12.5. The Hall–Kier alpha value is -2.80. The van der Waals surface area contributed by atoms with Gasteiger partial charge in [0.25, 0.3) is 5.91 Å². The molecule has 0 aliphatic heterocycles. The summed E-state index contributed by atoms with van der Waals surface area (Å²) < 4.78 is 1.38. The molecule has 0 saturated carbocycles. The number of halogens is 1. The van der Waals surface area contributed by atoms with Crippen LogP contribution in [0.1, 0.15) is 15.9 Å². The lowest BCUT2D eigenvalue weighted by molar-refractivity contribution is 0.102. The van der Waals surface area contributed by atoms with Gasteiger partial charge in [-0.1, -0.05) is 17.7 Å². The van der Waals surface area contributed by atoms with E-state index >= 15 is 0 Å². The fourth-order valence-electron chi connectivity index (χ4n) is 1.95. The van der Waals surface area contributed by atoms with Crippen LogP contribution in [0.4, 0.5) is 5.82 Å². The number of aromatic nitrogens is 5. The van der Waals surface area contributed by atoms with Crippen molar-refractivity contribution in [3.63, 3.8) is 0 Å². The molecule has 0 saturated heterocycles. The first-order valence-corrected chi connectivity index (χ1v) is 6.79. The van der Waals surface area contributed by atoms with E-state index in [4.69, 9.17) is 11.6 Å². The molecule has 0 spiro atoms. The molecule has 8 heteroatoms. The monoisotopic (exact) mass is 314 g/mol. The second kappa shape index (κ2) is 5.90. The van der Waals surface area contributed by atoms with Gasteiger partial charge in [-0.2, -0.15) is 4.68 Å². The predicted octanol–water partition coefficient (Wildman–Crippen LogP) is 2.27. The van der Waals surface area contributed by atoms with Crippen LogP contribution in [-0.2, 0) is 0 Å². The van der Waals surface area contributed by atoms with E-state index in [2.05, 4.69) is 25.8 Å². The van der Waals surface area contributed by atoms with Crippen molar-refractivity contribution in [3.8, 4) is 5.69 Å². The zero-order valence-electron chi connectivity index (χ0n) is 11.6. The number of hydrogen-bond acceptors (Lipinski definition) is 5. The highest BCUT2D eigenvalue weighted by Crippen LogP contribution is 2.20. The van der Waals surface area contributed by atoms with Crippen molar-refractivity contribution < 1.29 is 4.79 Å². The Bertz CT molecular complexity index is 818. The summed E-state index contributed by atoms with van der Waals surface area (Å²) in [5.74, 6) is 0.189. The van der Waals surface area contributed by atoms with Gasteiger partial charge in [0.05, 0.1) is 11.3 Å². The number of rotatable bonds is 3. The maximum atomic E-state index is 12.5. The molecule has 0 fully saturated rings. The Morgan fingerprint density at radius 2 is 2.18 bits per heavy atom. The number of aryl methyl sites for hydroxylation is 1. The van der Waals surface area contributed by atoms with Crippen LogP contribution < -0.4 is 5.32 Å². The summed E-state index contributed by atoms with van der Waals surface area (Å²) in [6.07, 6.45) is 3.02. The number of nitrogens with zero attached hydrogens (tertiary/aromatic N) is 5. The molecule has 1 N–H and O–H groups in total. The minimum atomic E-state index is -0.316. The molecule has 3 aromatic rings. The van der Waals surface area contributed by atoms with E-state index in [1.807, 2.05) is 13.0 Å². The van der Waals surface area contributed by atoms with Crippen LogP contribution in [0.15, 0.2) is 42.9 Å². The van der Waals surface area contributed by atoms with E-state index in [9.17, 15) is 4.79 Å². The van der Waals surface area contributed by atoms with Gasteiger partial charge in [0.1, 0.15) is 12.1 Å². The Labute approximate surface area is 130 Å². The molecule has 0 unspecified atom stereocenters. The summed E-state index contributed by atoms with van der Waals surface area (Å²) in [7, 11) is 0. The fourth-order valence-corrected chi connectivity index (χ4v) is 2.12. The van der Waals surface area contributed by atoms with E-state index in [-0.39, 0.29) is 5.91 Å². The number of carbonyl (C=O) groups excluding carboxylic acids is 1. The van der Waals surface area contributed by atoms with E-state index in [0.29, 0.717) is 22.1 Å². The maximum Gasteiger partial charge on any atom is 0.259 e. The number of pyridine rings is 1. The molecule has 2 heterocycles. The zero-order chi connectivity index (χ0) is 15.5. The van der Waals surface area contributed by atoms with Crippen LogP contribution in [-0.4, -0.2) is 31.1 Å². The summed E-state index contributed by atoms with van der Waals surface area (Å²) in [5.41, 5.74) is 1.75. The van der Waals surface area contributed by atoms with Crippen LogP contribution in [0.25, 0.3) is 5.69 Å². The highest BCUT2D eigenvalue weighted by Gasteiger charge is 2.15. The summed E-state index contributed by atoms with van der Waals surface area (Å²) >= 11 is 6.00. The third-order valence-electron chi connectivity index (χ3n) is 3.04. The van der Waals surface area contributed by atoms with Crippen LogP contribution in [0.3, 0.4) is 0 Å². The molecule has 1 aromatic carbocycles. The van der Waals surface area contributed by atoms with Crippen molar-refractivity contribution in [2.75, 3.05) is 5.32 Å². The molecule has 0 aliphatic carbocycles. The van der Waals surface area contributed by atoms with Crippen molar-refractivity contribution in [3.05, 3.63) is 59.0 Å². The number of carbonyl (C=O) groups is 1. The normalized spacial score (nSPS) is 10.5. The number of benzene rings is 1. The average Bonchev–Trinajstić information content (AvgIpc) is 3.03. The molecule has 22 heavy (non-hydrogen) atoms. The number of nitrogens with one attached hydrogen (secondary N) is 1. The van der Waals surface area contributed by atoms with Gasteiger partial charge in [0.15, 0.2) is 0 Å². The van der Waals surface area contributed by atoms with Gasteiger partial charge in [0.2, 0.25) is 0 Å². The molecular weight excluding hydrogens is 304 g/mol. The first-order chi connectivity index (χ1) is 10.6. The molecule has 0 atom stereocenters. The SMILES string of the molecule is Cc1cccnc1NC(=O)c1ccc(Cl)cc1-n1cnnn1. The lowest BCUT2D eigenvalue weighted by atomic mass is 10.1. The Morgan fingerprint density at radius 1 is 1.32 bits per heavy atom. The van der Waals surface area contributed by atoms with E-state index in [0.717, 1.165) is 5.56 Å². The molecule has 0 radical (unpaired) electrons. The Morgan fingerprint density at radius 3 is 2.91 bits per heavy atom. The first-order valence-electron chi connectivity index (χ1n) is 6.41. The van der Waals surface area contributed by atoms with Crippen molar-refractivity contribution in [2.24, 2.45) is 0 Å². The third kappa shape index (κ3) is 2.79. The first kappa shape index (κ1) is 14.2. The third-order valence-corrected chi connectivity index (χ3v) is 3.28. The molecule has 110 valence electrons. The molecule has 3 rings (SSSR count). The van der Waals surface area contributed by atoms with Gasteiger partial charge < -0.3 is 5.32 Å². The minimum Gasteiger partial charge on any atom is -0.306 e. The second-order valence-corrected chi connectivity index (χ2v) is 4.98. The van der Waals surface area contributed by atoms with Crippen LogP contribution in [0.5, 0.6) is 0 Å². The Balaban J connectivity index is 1.98. The molecule has 2 aromatic heterocycles. The molecule has 0 aliphatic rings. The zero-order valence-corrected chi connectivity index (χ0v) is 12.3. The highest BCUT2D eigenvalue weighted by molar-refractivity contribution is 6.31. The topological polar surface area (TPSA) is 85.6 Å². The quantitative estimate of drug-likeness (QED) is 0.801. The lowest BCUT2D eigenvalue weighted by Crippen LogP contribution is -2.16. The highest BCUT2D eigenvalue weighted by atomic mass is 35.5. The van der Waals surface area contributed by atoms with Crippen molar-refractivity contribution >= 4 is 23.3 Å².